The van der Waals surface area contributed by atoms with E-state index in [9.17, 15) is 9.59 Å². The van der Waals surface area contributed by atoms with Crippen LogP contribution in [-0.4, -0.2) is 23.6 Å². The molecule has 6 heteroatoms. The number of rotatable bonds is 9. The minimum absolute atomic E-state index is 0.130. The third-order valence-electron chi connectivity index (χ3n) is 4.17. The van der Waals surface area contributed by atoms with Crippen LogP contribution in [0.15, 0.2) is 84.9 Å². The van der Waals surface area contributed by atoms with Gasteiger partial charge in [-0.2, -0.15) is 0 Å². The lowest BCUT2D eigenvalue weighted by Crippen LogP contribution is -2.39. The summed E-state index contributed by atoms with van der Waals surface area (Å²) in [6.45, 7) is -0.396. The molecule has 29 heavy (non-hydrogen) atoms. The Hall–Kier alpha value is -3.80. The third kappa shape index (κ3) is 6.10. The number of hydrogen-bond acceptors (Lipinski definition) is 4. The summed E-state index contributed by atoms with van der Waals surface area (Å²) in [5.74, 6) is -0.688. The van der Waals surface area contributed by atoms with E-state index in [-0.39, 0.29) is 12.3 Å². The summed E-state index contributed by atoms with van der Waals surface area (Å²) in [5, 5.41) is 10.5. The van der Waals surface area contributed by atoms with Gasteiger partial charge in [-0.05, 0) is 48.4 Å². The van der Waals surface area contributed by atoms with Gasteiger partial charge < -0.3 is 9.84 Å². The van der Waals surface area contributed by atoms with Crippen molar-refractivity contribution in [3.63, 3.8) is 0 Å². The first-order chi connectivity index (χ1) is 14.1. The molecule has 3 rings (SSSR count). The van der Waals surface area contributed by atoms with Crippen LogP contribution in [0.5, 0.6) is 5.75 Å². The number of carboxylic acids is 1. The Morgan fingerprint density at radius 2 is 1.48 bits per heavy atom. The smallest absolute Gasteiger partial charge is 0.341 e. The fraction of sp³-hybridized carbons (Fsp3) is 0.130. The Bertz CT molecular complexity index is 906. The number of carbonyl (C=O) groups excluding carboxylic acids is 1. The molecule has 0 unspecified atom stereocenters. The lowest BCUT2D eigenvalue weighted by molar-refractivity contribution is -0.139. The van der Waals surface area contributed by atoms with Crippen LogP contribution in [0.2, 0.25) is 0 Å². The predicted molar refractivity (Wildman–Crippen MR) is 111 cm³/mol. The molecule has 3 aromatic carbocycles. The molecular weight excluding hydrogens is 368 g/mol. The summed E-state index contributed by atoms with van der Waals surface area (Å²) in [5.41, 5.74) is 5.57. The summed E-state index contributed by atoms with van der Waals surface area (Å²) in [4.78, 5) is 23.2. The Labute approximate surface area is 169 Å². The van der Waals surface area contributed by atoms with E-state index in [1.165, 1.54) is 0 Å². The molecule has 0 aromatic heterocycles. The van der Waals surface area contributed by atoms with Gasteiger partial charge in [0.05, 0.1) is 11.4 Å². The van der Waals surface area contributed by atoms with E-state index >= 15 is 0 Å². The molecule has 3 aromatic rings. The van der Waals surface area contributed by atoms with Crippen molar-refractivity contribution in [1.82, 2.24) is 5.43 Å². The molecule has 2 N–H and O–H groups in total. The number of amides is 1. The minimum atomic E-state index is -1.03. The normalized spacial score (nSPS) is 10.2. The molecule has 0 spiro atoms. The van der Waals surface area contributed by atoms with Gasteiger partial charge in [-0.25, -0.2) is 4.79 Å². The van der Waals surface area contributed by atoms with Gasteiger partial charge in [-0.3, -0.25) is 15.2 Å². The molecule has 0 aliphatic carbocycles. The molecule has 0 radical (unpaired) electrons. The highest BCUT2D eigenvalue weighted by Gasteiger charge is 2.12. The molecule has 148 valence electrons. The van der Waals surface area contributed by atoms with Crippen LogP contribution in [0.1, 0.15) is 12.0 Å². The monoisotopic (exact) mass is 390 g/mol. The van der Waals surface area contributed by atoms with E-state index in [1.807, 2.05) is 66.7 Å². The molecule has 1 amide bonds. The maximum Gasteiger partial charge on any atom is 0.341 e. The molecule has 6 nitrogen and oxygen atoms in total. The SMILES string of the molecule is O=C(O)COc1cccc(CCC(=O)NN(c2ccccc2)c2ccccc2)c1. The average Bonchev–Trinajstić information content (AvgIpc) is 2.76. The number of hydrogen-bond donors (Lipinski definition) is 2. The number of carbonyl (C=O) groups is 2. The molecule has 0 saturated heterocycles. The standard InChI is InChI=1S/C23H22N2O4/c26-22(15-14-18-8-7-13-21(16-18)29-17-23(27)28)24-25(19-9-3-1-4-10-19)20-11-5-2-6-12-20/h1-13,16H,14-15,17H2,(H,24,26)(H,27,28). The van der Waals surface area contributed by atoms with Crippen LogP contribution in [0.4, 0.5) is 11.4 Å². The first-order valence-electron chi connectivity index (χ1n) is 9.25. The molecule has 0 saturated carbocycles. The topological polar surface area (TPSA) is 78.9 Å². The van der Waals surface area contributed by atoms with Gasteiger partial charge in [0.1, 0.15) is 5.75 Å². The van der Waals surface area contributed by atoms with Crippen LogP contribution in [0, 0.1) is 0 Å². The quantitative estimate of drug-likeness (QED) is 0.541. The Kier molecular flexibility index (Phi) is 6.84. The van der Waals surface area contributed by atoms with Gasteiger partial charge in [0.25, 0.3) is 0 Å². The number of aryl methyl sites for hydroxylation is 1. The second-order valence-corrected chi connectivity index (χ2v) is 6.37. The van der Waals surface area contributed by atoms with E-state index in [4.69, 9.17) is 9.84 Å². The minimum Gasteiger partial charge on any atom is -0.482 e. The summed E-state index contributed by atoms with van der Waals surface area (Å²) in [7, 11) is 0. The van der Waals surface area contributed by atoms with Crippen molar-refractivity contribution in [3.8, 4) is 5.75 Å². The first kappa shape index (κ1) is 19.9. The van der Waals surface area contributed by atoms with E-state index in [0.717, 1.165) is 16.9 Å². The summed E-state index contributed by atoms with van der Waals surface area (Å²) < 4.78 is 5.19. The summed E-state index contributed by atoms with van der Waals surface area (Å²) >= 11 is 0. The van der Waals surface area contributed by atoms with Crippen molar-refractivity contribution < 1.29 is 19.4 Å². The van der Waals surface area contributed by atoms with Crippen molar-refractivity contribution in [2.45, 2.75) is 12.8 Å². The van der Waals surface area contributed by atoms with Crippen LogP contribution in [0.25, 0.3) is 0 Å². The lowest BCUT2D eigenvalue weighted by Gasteiger charge is -2.25. The number of benzene rings is 3. The number of ether oxygens (including phenoxy) is 1. The Morgan fingerprint density at radius 1 is 0.862 bits per heavy atom. The van der Waals surface area contributed by atoms with Gasteiger partial charge in [-0.15, -0.1) is 0 Å². The zero-order valence-corrected chi connectivity index (χ0v) is 15.8. The van der Waals surface area contributed by atoms with Crippen LogP contribution < -0.4 is 15.2 Å². The highest BCUT2D eigenvalue weighted by atomic mass is 16.5. The zero-order valence-electron chi connectivity index (χ0n) is 15.8. The van der Waals surface area contributed by atoms with Crippen molar-refractivity contribution >= 4 is 23.3 Å². The fourth-order valence-corrected chi connectivity index (χ4v) is 2.81. The van der Waals surface area contributed by atoms with Crippen LogP contribution >= 0.6 is 0 Å². The summed E-state index contributed by atoms with van der Waals surface area (Å²) in [6.07, 6.45) is 0.784. The van der Waals surface area contributed by atoms with Crippen LogP contribution in [0.3, 0.4) is 0 Å². The van der Waals surface area contributed by atoms with E-state index in [0.29, 0.717) is 12.2 Å². The zero-order chi connectivity index (χ0) is 20.5. The first-order valence-corrected chi connectivity index (χ1v) is 9.25. The van der Waals surface area contributed by atoms with Gasteiger partial charge in [0.2, 0.25) is 5.91 Å². The van der Waals surface area contributed by atoms with Crippen molar-refractivity contribution in [3.05, 3.63) is 90.5 Å². The number of nitrogens with zero attached hydrogens (tertiary/aromatic N) is 1. The van der Waals surface area contributed by atoms with E-state index < -0.39 is 12.6 Å². The predicted octanol–water partition coefficient (Wildman–Crippen LogP) is 3.95. The van der Waals surface area contributed by atoms with E-state index in [1.54, 1.807) is 23.2 Å². The third-order valence-corrected chi connectivity index (χ3v) is 4.17. The number of anilines is 2. The highest BCUT2D eigenvalue weighted by Crippen LogP contribution is 2.22. The average molecular weight is 390 g/mol. The maximum atomic E-state index is 12.6. The Balaban J connectivity index is 1.64. The van der Waals surface area contributed by atoms with Crippen molar-refractivity contribution in [2.24, 2.45) is 0 Å². The fourth-order valence-electron chi connectivity index (χ4n) is 2.81. The number of para-hydroxylation sites is 2. The molecule has 0 atom stereocenters. The van der Waals surface area contributed by atoms with Gasteiger partial charge in [-0.1, -0.05) is 48.5 Å². The lowest BCUT2D eigenvalue weighted by atomic mass is 10.1. The number of hydrazine groups is 1. The molecular formula is C23H22N2O4. The number of aliphatic carboxylic acids is 1. The highest BCUT2D eigenvalue weighted by molar-refractivity contribution is 5.80. The number of carboxylic acid groups (broad SMARTS) is 1. The summed E-state index contributed by atoms with van der Waals surface area (Å²) in [6, 6.07) is 26.3. The maximum absolute atomic E-state index is 12.6. The van der Waals surface area contributed by atoms with Crippen LogP contribution in [-0.2, 0) is 16.0 Å². The molecule has 0 aliphatic heterocycles. The van der Waals surface area contributed by atoms with Crippen molar-refractivity contribution in [1.29, 1.82) is 0 Å². The van der Waals surface area contributed by atoms with Gasteiger partial charge in [0, 0.05) is 6.42 Å². The second-order valence-electron chi connectivity index (χ2n) is 6.37. The van der Waals surface area contributed by atoms with Gasteiger partial charge in [0.15, 0.2) is 6.61 Å². The van der Waals surface area contributed by atoms with Crippen molar-refractivity contribution in [2.75, 3.05) is 11.6 Å². The molecule has 0 fully saturated rings. The number of nitrogens with one attached hydrogen (secondary N) is 1. The molecule has 0 aliphatic rings. The molecule has 0 bridgehead atoms. The largest absolute Gasteiger partial charge is 0.482 e. The van der Waals surface area contributed by atoms with Gasteiger partial charge >= 0.3 is 5.97 Å². The Morgan fingerprint density at radius 3 is 2.07 bits per heavy atom. The van der Waals surface area contributed by atoms with E-state index in [2.05, 4.69) is 5.43 Å². The second kappa shape index (κ2) is 9.94. The molecule has 0 heterocycles.